The highest BCUT2D eigenvalue weighted by Gasteiger charge is 2.28. The number of carbonyl (C=O) groups is 2. The first-order valence-corrected chi connectivity index (χ1v) is 11.1. The van der Waals surface area contributed by atoms with Gasteiger partial charge >= 0.3 is 0 Å². The fraction of sp³-hybridized carbons (Fsp3) is 0.368. The van der Waals surface area contributed by atoms with Crippen LogP contribution in [0.1, 0.15) is 48.7 Å². The van der Waals surface area contributed by atoms with Crippen molar-refractivity contribution in [1.82, 2.24) is 25.6 Å². The van der Waals surface area contributed by atoms with E-state index >= 15 is 0 Å². The maximum atomic E-state index is 12.7. The van der Waals surface area contributed by atoms with E-state index < -0.39 is 5.54 Å². The number of hydrogen-bond acceptors (Lipinski definition) is 6. The van der Waals surface area contributed by atoms with Crippen LogP contribution in [0, 0.1) is 0 Å². The summed E-state index contributed by atoms with van der Waals surface area (Å²) in [5.74, 6) is -0.353. The van der Waals surface area contributed by atoms with Gasteiger partial charge in [-0.2, -0.15) is 0 Å². The number of aromatic nitrogens is 3. The number of hydrogen-bond donors (Lipinski definition) is 2. The van der Waals surface area contributed by atoms with Crippen LogP contribution in [0.25, 0.3) is 0 Å². The van der Waals surface area contributed by atoms with E-state index in [1.807, 2.05) is 49.7 Å². The van der Waals surface area contributed by atoms with Gasteiger partial charge in [-0.25, -0.2) is 4.68 Å². The van der Waals surface area contributed by atoms with Crippen LogP contribution in [0.2, 0.25) is 4.34 Å². The molecule has 0 saturated heterocycles. The van der Waals surface area contributed by atoms with E-state index in [1.54, 1.807) is 4.68 Å². The molecule has 29 heavy (non-hydrogen) atoms. The highest BCUT2D eigenvalue weighted by atomic mass is 35.5. The maximum Gasteiger partial charge on any atom is 0.223 e. The van der Waals surface area contributed by atoms with Crippen molar-refractivity contribution >= 4 is 46.1 Å². The van der Waals surface area contributed by atoms with Gasteiger partial charge in [0.15, 0.2) is 0 Å². The standard InChI is InChI=1S/C19H22ClN5O2S2/c1-12(26)21-14(15-5-4-8-28-15)9-18(27)22-19(2,3)16-11-25(24-23-16)10-13-6-7-17(20)29-13/h4-8,11,14H,9-10H2,1-3H3,(H,21,26)(H,22,27). The fourth-order valence-corrected chi connectivity index (χ4v) is 4.72. The van der Waals surface area contributed by atoms with Crippen LogP contribution in [0.4, 0.5) is 0 Å². The molecule has 2 N–H and O–H groups in total. The van der Waals surface area contributed by atoms with Gasteiger partial charge < -0.3 is 10.6 Å². The van der Waals surface area contributed by atoms with Crippen LogP contribution in [0.15, 0.2) is 35.8 Å². The van der Waals surface area contributed by atoms with Crippen molar-refractivity contribution in [3.05, 3.63) is 55.6 Å². The number of halogens is 1. The molecule has 1 atom stereocenters. The number of carbonyl (C=O) groups excluding carboxylic acids is 2. The number of rotatable bonds is 8. The van der Waals surface area contributed by atoms with E-state index in [4.69, 9.17) is 11.6 Å². The average molecular weight is 452 g/mol. The Balaban J connectivity index is 1.64. The van der Waals surface area contributed by atoms with Crippen molar-refractivity contribution < 1.29 is 9.59 Å². The van der Waals surface area contributed by atoms with E-state index in [1.165, 1.54) is 29.6 Å². The van der Waals surface area contributed by atoms with Crippen molar-refractivity contribution in [1.29, 1.82) is 0 Å². The molecule has 154 valence electrons. The molecular weight excluding hydrogens is 430 g/mol. The molecule has 0 radical (unpaired) electrons. The molecule has 0 aromatic carbocycles. The second-order valence-electron chi connectivity index (χ2n) is 7.15. The lowest BCUT2D eigenvalue weighted by Crippen LogP contribution is -2.43. The first-order chi connectivity index (χ1) is 13.7. The normalized spacial score (nSPS) is 12.6. The quantitative estimate of drug-likeness (QED) is 0.546. The lowest BCUT2D eigenvalue weighted by atomic mass is 10.0. The minimum absolute atomic E-state index is 0.144. The summed E-state index contributed by atoms with van der Waals surface area (Å²) in [6, 6.07) is 7.25. The summed E-state index contributed by atoms with van der Waals surface area (Å²) in [6.07, 6.45) is 1.96. The van der Waals surface area contributed by atoms with E-state index in [2.05, 4.69) is 20.9 Å². The summed E-state index contributed by atoms with van der Waals surface area (Å²) in [5, 5.41) is 16.1. The van der Waals surface area contributed by atoms with Gasteiger partial charge in [-0.15, -0.1) is 27.8 Å². The van der Waals surface area contributed by atoms with Gasteiger partial charge in [0.25, 0.3) is 0 Å². The molecular formula is C19H22ClN5O2S2. The third-order valence-corrected chi connectivity index (χ3v) is 6.43. The monoisotopic (exact) mass is 451 g/mol. The molecule has 3 rings (SSSR count). The predicted molar refractivity (Wildman–Crippen MR) is 115 cm³/mol. The summed E-state index contributed by atoms with van der Waals surface area (Å²) in [7, 11) is 0. The average Bonchev–Trinajstić information content (AvgIpc) is 3.36. The number of thiophene rings is 2. The molecule has 3 heterocycles. The fourth-order valence-electron chi connectivity index (χ4n) is 2.87. The minimum atomic E-state index is -0.710. The molecule has 1 unspecified atom stereocenters. The Morgan fingerprint density at radius 1 is 1.31 bits per heavy atom. The van der Waals surface area contributed by atoms with Crippen LogP contribution in [0.3, 0.4) is 0 Å². The van der Waals surface area contributed by atoms with Crippen LogP contribution in [-0.4, -0.2) is 26.8 Å². The van der Waals surface area contributed by atoms with Crippen LogP contribution >= 0.6 is 34.3 Å². The highest BCUT2D eigenvalue weighted by molar-refractivity contribution is 7.16. The Kier molecular flexibility index (Phi) is 6.71. The Labute approximate surface area is 182 Å². The van der Waals surface area contributed by atoms with Gasteiger partial charge in [-0.1, -0.05) is 22.9 Å². The molecule has 0 bridgehead atoms. The molecule has 0 spiro atoms. The third kappa shape index (κ3) is 5.88. The first kappa shape index (κ1) is 21.5. The van der Waals surface area contributed by atoms with E-state index in [0.717, 1.165) is 14.1 Å². The molecule has 3 aromatic rings. The van der Waals surface area contributed by atoms with Gasteiger partial charge in [0.2, 0.25) is 11.8 Å². The summed E-state index contributed by atoms with van der Waals surface area (Å²) >= 11 is 8.97. The Bertz CT molecular complexity index is 981. The van der Waals surface area contributed by atoms with E-state index in [9.17, 15) is 9.59 Å². The lowest BCUT2D eigenvalue weighted by Gasteiger charge is -2.25. The van der Waals surface area contributed by atoms with Crippen molar-refractivity contribution in [2.24, 2.45) is 0 Å². The molecule has 7 nitrogen and oxygen atoms in total. The highest BCUT2D eigenvalue weighted by Crippen LogP contribution is 2.25. The zero-order chi connectivity index (χ0) is 21.0. The first-order valence-electron chi connectivity index (χ1n) is 8.99. The largest absolute Gasteiger partial charge is 0.348 e. The SMILES string of the molecule is CC(=O)NC(CC(=O)NC(C)(C)c1cn(Cc2ccc(Cl)s2)nn1)c1cccs1. The Morgan fingerprint density at radius 2 is 2.10 bits per heavy atom. The summed E-state index contributed by atoms with van der Waals surface area (Å²) in [6.45, 7) is 5.76. The molecule has 0 aliphatic rings. The minimum Gasteiger partial charge on any atom is -0.348 e. The zero-order valence-corrected chi connectivity index (χ0v) is 18.7. The van der Waals surface area contributed by atoms with Gasteiger partial charge in [-0.05, 0) is 37.4 Å². The predicted octanol–water partition coefficient (Wildman–Crippen LogP) is 3.72. The van der Waals surface area contributed by atoms with E-state index in [-0.39, 0.29) is 24.3 Å². The lowest BCUT2D eigenvalue weighted by molar-refractivity contribution is -0.124. The number of nitrogens with one attached hydrogen (secondary N) is 2. The van der Waals surface area contributed by atoms with Crippen molar-refractivity contribution in [3.63, 3.8) is 0 Å². The molecule has 10 heteroatoms. The third-order valence-electron chi connectivity index (χ3n) is 4.23. The zero-order valence-electron chi connectivity index (χ0n) is 16.3. The van der Waals surface area contributed by atoms with Gasteiger partial charge in [0.05, 0.1) is 35.1 Å². The second-order valence-corrected chi connectivity index (χ2v) is 9.93. The summed E-state index contributed by atoms with van der Waals surface area (Å²) in [4.78, 5) is 26.2. The second kappa shape index (κ2) is 9.06. The molecule has 0 aliphatic carbocycles. The smallest absolute Gasteiger partial charge is 0.223 e. The van der Waals surface area contributed by atoms with Crippen LogP contribution in [0.5, 0.6) is 0 Å². The van der Waals surface area contributed by atoms with Crippen LogP contribution < -0.4 is 10.6 Å². The maximum absolute atomic E-state index is 12.7. The topological polar surface area (TPSA) is 88.9 Å². The van der Waals surface area contributed by atoms with Gasteiger partial charge in [0.1, 0.15) is 5.69 Å². The summed E-state index contributed by atoms with van der Waals surface area (Å²) in [5.41, 5.74) is -0.0562. The molecule has 0 fully saturated rings. The van der Waals surface area contributed by atoms with Crippen molar-refractivity contribution in [2.75, 3.05) is 0 Å². The van der Waals surface area contributed by atoms with E-state index in [0.29, 0.717) is 12.2 Å². The molecule has 0 aliphatic heterocycles. The Hall–Kier alpha value is -2.23. The van der Waals surface area contributed by atoms with Crippen molar-refractivity contribution in [3.8, 4) is 0 Å². The Morgan fingerprint density at radius 3 is 2.72 bits per heavy atom. The molecule has 2 amide bonds. The van der Waals surface area contributed by atoms with Gasteiger partial charge in [-0.3, -0.25) is 9.59 Å². The van der Waals surface area contributed by atoms with Crippen LogP contribution in [-0.2, 0) is 21.7 Å². The van der Waals surface area contributed by atoms with Gasteiger partial charge in [0, 0.05) is 16.7 Å². The molecule has 3 aromatic heterocycles. The summed E-state index contributed by atoms with van der Waals surface area (Å²) < 4.78 is 2.45. The number of amides is 2. The molecule has 0 saturated carbocycles. The van der Waals surface area contributed by atoms with Crippen molar-refractivity contribution in [2.45, 2.75) is 45.3 Å². The number of nitrogens with zero attached hydrogens (tertiary/aromatic N) is 3.